The summed E-state index contributed by atoms with van der Waals surface area (Å²) in [5, 5.41) is 15.1. The van der Waals surface area contributed by atoms with Crippen LogP contribution in [0.1, 0.15) is 29.8 Å². The predicted octanol–water partition coefficient (Wildman–Crippen LogP) is 3.21. The lowest BCUT2D eigenvalue weighted by Gasteiger charge is -2.37. The molecule has 0 aromatic heterocycles. The third-order valence-corrected chi connectivity index (χ3v) is 6.44. The summed E-state index contributed by atoms with van der Waals surface area (Å²) in [6.07, 6.45) is 0.199. The Morgan fingerprint density at radius 2 is 1.49 bits per heavy atom. The number of piperazine rings is 1. The largest absolute Gasteiger partial charge is 0.507 e. The monoisotopic (exact) mass is 473 g/mol. The van der Waals surface area contributed by atoms with Crippen molar-refractivity contribution in [2.45, 2.75) is 26.3 Å². The van der Waals surface area contributed by atoms with Gasteiger partial charge in [-0.3, -0.25) is 14.4 Å². The van der Waals surface area contributed by atoms with Gasteiger partial charge < -0.3 is 20.2 Å². The van der Waals surface area contributed by atoms with Crippen molar-refractivity contribution in [3.63, 3.8) is 0 Å². The van der Waals surface area contributed by atoms with Gasteiger partial charge in [0.2, 0.25) is 11.8 Å². The maximum atomic E-state index is 13.3. The first-order valence-electron chi connectivity index (χ1n) is 12.0. The van der Waals surface area contributed by atoms with Crippen LogP contribution in [-0.2, 0) is 16.0 Å². The number of fused-ring (bicyclic) bond motifs is 1. The van der Waals surface area contributed by atoms with Crippen molar-refractivity contribution in [1.82, 2.24) is 15.1 Å². The summed E-state index contributed by atoms with van der Waals surface area (Å²) in [5.74, 6) is -0.713. The fourth-order valence-electron chi connectivity index (χ4n) is 4.42. The van der Waals surface area contributed by atoms with Crippen LogP contribution in [0.4, 0.5) is 0 Å². The molecular formula is C28H31N3O4. The maximum Gasteiger partial charge on any atom is 0.257 e. The Morgan fingerprint density at radius 3 is 2.17 bits per heavy atom. The van der Waals surface area contributed by atoms with E-state index in [0.29, 0.717) is 26.2 Å². The number of hydrogen-bond acceptors (Lipinski definition) is 4. The van der Waals surface area contributed by atoms with E-state index in [-0.39, 0.29) is 41.4 Å². The summed E-state index contributed by atoms with van der Waals surface area (Å²) in [7, 11) is 0. The van der Waals surface area contributed by atoms with E-state index in [1.165, 1.54) is 6.07 Å². The van der Waals surface area contributed by atoms with Crippen LogP contribution in [0.5, 0.6) is 5.75 Å². The van der Waals surface area contributed by atoms with Crippen LogP contribution >= 0.6 is 0 Å². The van der Waals surface area contributed by atoms with Crippen LogP contribution in [0.15, 0.2) is 66.7 Å². The van der Waals surface area contributed by atoms with E-state index in [1.54, 1.807) is 28.0 Å². The molecule has 1 saturated heterocycles. The number of rotatable bonds is 6. The molecule has 0 radical (unpaired) electrons. The van der Waals surface area contributed by atoms with Gasteiger partial charge in [-0.15, -0.1) is 0 Å². The number of nitrogens with zero attached hydrogens (tertiary/aromatic N) is 2. The van der Waals surface area contributed by atoms with Gasteiger partial charge in [0.25, 0.3) is 5.91 Å². The molecule has 1 aliphatic heterocycles. The molecule has 7 heteroatoms. The average molecular weight is 474 g/mol. The van der Waals surface area contributed by atoms with Crippen LogP contribution in [-0.4, -0.2) is 64.8 Å². The molecule has 3 aromatic rings. The number of phenols is 1. The van der Waals surface area contributed by atoms with Gasteiger partial charge >= 0.3 is 0 Å². The standard InChI is InChI=1S/C28H31N3O4/c1-19(2)26(29-25(33)18-20-11-12-21-7-3-4-8-22(21)17-20)28(35)31-15-13-30(14-16-31)27(34)23-9-5-6-10-24(23)32/h3-12,17,19,26,32H,13-16,18H2,1-2H3,(H,29,33). The summed E-state index contributed by atoms with van der Waals surface area (Å²) in [4.78, 5) is 42.2. The second kappa shape index (κ2) is 10.6. The van der Waals surface area contributed by atoms with Crippen molar-refractivity contribution in [2.24, 2.45) is 5.92 Å². The smallest absolute Gasteiger partial charge is 0.257 e. The number of carbonyl (C=O) groups excluding carboxylic acids is 3. The molecule has 4 rings (SSSR count). The summed E-state index contributed by atoms with van der Waals surface area (Å²) >= 11 is 0. The highest BCUT2D eigenvalue weighted by Crippen LogP contribution is 2.20. The molecule has 1 unspecified atom stereocenters. The Balaban J connectivity index is 1.35. The van der Waals surface area contributed by atoms with Crippen molar-refractivity contribution in [3.8, 4) is 5.75 Å². The average Bonchev–Trinajstić information content (AvgIpc) is 2.86. The molecule has 3 aromatic carbocycles. The van der Waals surface area contributed by atoms with E-state index >= 15 is 0 Å². The molecule has 182 valence electrons. The summed E-state index contributed by atoms with van der Waals surface area (Å²) in [6, 6.07) is 19.8. The van der Waals surface area contributed by atoms with E-state index in [0.717, 1.165) is 16.3 Å². The van der Waals surface area contributed by atoms with Gasteiger partial charge in [-0.25, -0.2) is 0 Å². The number of carbonyl (C=O) groups is 3. The van der Waals surface area contributed by atoms with Gasteiger partial charge in [0, 0.05) is 26.2 Å². The molecule has 2 N–H and O–H groups in total. The van der Waals surface area contributed by atoms with Crippen LogP contribution < -0.4 is 5.32 Å². The van der Waals surface area contributed by atoms with E-state index in [9.17, 15) is 19.5 Å². The minimum Gasteiger partial charge on any atom is -0.507 e. The number of amides is 3. The van der Waals surface area contributed by atoms with E-state index in [4.69, 9.17) is 0 Å². The Labute approximate surface area is 205 Å². The highest BCUT2D eigenvalue weighted by molar-refractivity contribution is 5.97. The number of para-hydroxylation sites is 1. The first kappa shape index (κ1) is 24.3. The molecular weight excluding hydrogens is 442 g/mol. The molecule has 0 saturated carbocycles. The summed E-state index contributed by atoms with van der Waals surface area (Å²) < 4.78 is 0. The fraction of sp³-hybridized carbons (Fsp3) is 0.321. The number of phenolic OH excluding ortho intramolecular Hbond substituents is 1. The molecule has 1 fully saturated rings. The number of benzene rings is 3. The fourth-order valence-corrected chi connectivity index (χ4v) is 4.42. The molecule has 0 aliphatic carbocycles. The van der Waals surface area contributed by atoms with Crippen molar-refractivity contribution in [3.05, 3.63) is 77.9 Å². The van der Waals surface area contributed by atoms with E-state index < -0.39 is 6.04 Å². The third-order valence-electron chi connectivity index (χ3n) is 6.44. The Kier molecular flexibility index (Phi) is 7.34. The van der Waals surface area contributed by atoms with E-state index in [1.807, 2.05) is 56.3 Å². The number of hydrogen-bond donors (Lipinski definition) is 2. The van der Waals surface area contributed by atoms with E-state index in [2.05, 4.69) is 5.32 Å². The molecule has 1 aliphatic rings. The lowest BCUT2D eigenvalue weighted by atomic mass is 10.0. The molecule has 7 nitrogen and oxygen atoms in total. The zero-order valence-electron chi connectivity index (χ0n) is 20.1. The van der Waals surface area contributed by atoms with Crippen molar-refractivity contribution in [1.29, 1.82) is 0 Å². The Morgan fingerprint density at radius 1 is 0.857 bits per heavy atom. The minimum absolute atomic E-state index is 0.0509. The highest BCUT2D eigenvalue weighted by atomic mass is 16.3. The zero-order valence-corrected chi connectivity index (χ0v) is 20.1. The van der Waals surface area contributed by atoms with Gasteiger partial charge in [-0.05, 0) is 34.4 Å². The lowest BCUT2D eigenvalue weighted by Crippen LogP contribution is -2.57. The van der Waals surface area contributed by atoms with Crippen molar-refractivity contribution in [2.75, 3.05) is 26.2 Å². The maximum absolute atomic E-state index is 13.3. The lowest BCUT2D eigenvalue weighted by molar-refractivity contribution is -0.138. The summed E-state index contributed by atoms with van der Waals surface area (Å²) in [5.41, 5.74) is 1.15. The van der Waals surface area contributed by atoms with Crippen molar-refractivity contribution >= 4 is 28.5 Å². The van der Waals surface area contributed by atoms with Crippen LogP contribution in [0.2, 0.25) is 0 Å². The highest BCUT2D eigenvalue weighted by Gasteiger charge is 2.32. The number of nitrogens with one attached hydrogen (secondary N) is 1. The van der Waals surface area contributed by atoms with Gasteiger partial charge in [0.15, 0.2) is 0 Å². The van der Waals surface area contributed by atoms with Crippen LogP contribution in [0.3, 0.4) is 0 Å². The first-order chi connectivity index (χ1) is 16.8. The minimum atomic E-state index is -0.636. The van der Waals surface area contributed by atoms with Crippen molar-refractivity contribution < 1.29 is 19.5 Å². The quantitative estimate of drug-likeness (QED) is 0.575. The zero-order chi connectivity index (χ0) is 24.9. The van der Waals surface area contributed by atoms with Gasteiger partial charge in [-0.1, -0.05) is 68.4 Å². The Hall–Kier alpha value is -3.87. The predicted molar refractivity (Wildman–Crippen MR) is 135 cm³/mol. The van der Waals surface area contributed by atoms with Gasteiger partial charge in [0.1, 0.15) is 11.8 Å². The van der Waals surface area contributed by atoms with Gasteiger partial charge in [0.05, 0.1) is 12.0 Å². The van der Waals surface area contributed by atoms with Crippen LogP contribution in [0, 0.1) is 5.92 Å². The molecule has 1 heterocycles. The van der Waals surface area contributed by atoms with Crippen LogP contribution in [0.25, 0.3) is 10.8 Å². The SMILES string of the molecule is CC(C)C(NC(=O)Cc1ccc2ccccc2c1)C(=O)N1CCN(C(=O)c2ccccc2O)CC1. The third kappa shape index (κ3) is 5.62. The number of aromatic hydroxyl groups is 1. The van der Waals surface area contributed by atoms with Gasteiger partial charge in [-0.2, -0.15) is 0 Å². The topological polar surface area (TPSA) is 90.0 Å². The molecule has 35 heavy (non-hydrogen) atoms. The molecule has 0 spiro atoms. The first-order valence-corrected chi connectivity index (χ1v) is 12.0. The second-order valence-electron chi connectivity index (χ2n) is 9.28. The molecule has 1 atom stereocenters. The summed E-state index contributed by atoms with van der Waals surface area (Å²) in [6.45, 7) is 5.32. The normalized spacial score (nSPS) is 14.7. The second-order valence-corrected chi connectivity index (χ2v) is 9.28. The molecule has 3 amide bonds. The Bertz CT molecular complexity index is 1230. The molecule has 0 bridgehead atoms.